The second-order valence-electron chi connectivity index (χ2n) is 18.8. The van der Waals surface area contributed by atoms with Gasteiger partial charge < -0.3 is 19.4 Å². The Morgan fingerprint density at radius 1 is 1.10 bits per heavy atom. The van der Waals surface area contributed by atoms with E-state index in [1.54, 1.807) is 5.57 Å². The quantitative estimate of drug-likeness (QED) is 0.148. The summed E-state index contributed by atoms with van der Waals surface area (Å²) in [4.78, 5) is 5.08. The third kappa shape index (κ3) is 7.43. The molecule has 0 aromatic heterocycles. The highest BCUT2D eigenvalue weighted by molar-refractivity contribution is 6.74. The molecule has 10 atom stereocenters. The smallest absolute Gasteiger partial charge is 0.193 e. The Balaban J connectivity index is 1.13. The molecule has 1 heterocycles. The van der Waals surface area contributed by atoms with E-state index in [-0.39, 0.29) is 34.1 Å². The second-order valence-corrected chi connectivity index (χ2v) is 23.5. The molecule has 4 fully saturated rings. The van der Waals surface area contributed by atoms with Crippen LogP contribution < -0.4 is 0 Å². The SMILES string of the molecule is C=C1/C(=C\C=C2/CCC[C@]3(C)C([C@H](C)/C=C/[C@@H](O)C4(C5=N[C@H](C6C=CC=CC6C)CO5)CC4)CCC[C@@H]23)C[C@@H](O[Si](C)(C)C(C)(C)C)C[C@@H]1[OH2+]. The zero-order valence-corrected chi connectivity index (χ0v) is 33.5. The van der Waals surface area contributed by atoms with Crippen LogP contribution in [-0.2, 0) is 9.16 Å². The largest absolute Gasteiger partial charge is 0.478 e. The van der Waals surface area contributed by atoms with Gasteiger partial charge in [0, 0.05) is 17.9 Å². The third-order valence-corrected chi connectivity index (χ3v) is 19.0. The standard InChI is InChI=1S/C44H67NO4Si/c1-29-14-10-11-16-35(29)38-28-48-41(45-38)44(24-25-44)40(47)22-19-30(2)36-17-12-18-37-32(15-13-23-43(36,37)7)20-21-33-26-34(27-39(46)31(33)3)49-50(8,9)42(4,5)6/h10-11,14,16,19-22,29-30,34-40,46-47H,3,12-13,15,17-18,23-28H2,1-2,4-9H3/p+1/b22-19+,32-20+,33-21-/t29?,30-,34-,35?,36?,37+,38+,39+,40-,43-/m1/s1. The van der Waals surface area contributed by atoms with Crippen molar-refractivity contribution in [2.45, 2.75) is 148 Å². The number of rotatable bonds is 9. The fourth-order valence-corrected chi connectivity index (χ4v) is 11.3. The Kier molecular flexibility index (Phi) is 10.9. The lowest BCUT2D eigenvalue weighted by molar-refractivity contribution is 0.0120. The minimum absolute atomic E-state index is 0.103. The molecule has 0 amide bonds. The average molecular weight is 703 g/mol. The first-order chi connectivity index (χ1) is 23.6. The lowest BCUT2D eigenvalue weighted by Gasteiger charge is -2.53. The molecule has 0 bridgehead atoms. The van der Waals surface area contributed by atoms with Gasteiger partial charge in [-0.2, -0.15) is 0 Å². The van der Waals surface area contributed by atoms with Crippen LogP contribution in [0.4, 0.5) is 0 Å². The van der Waals surface area contributed by atoms with Crippen LogP contribution in [-0.4, -0.2) is 55.4 Å². The predicted octanol–water partition coefficient (Wildman–Crippen LogP) is 9.79. The van der Waals surface area contributed by atoms with Gasteiger partial charge in [0.15, 0.2) is 20.3 Å². The van der Waals surface area contributed by atoms with E-state index >= 15 is 0 Å². The first kappa shape index (κ1) is 37.8. The number of allylic oxidation sites excluding steroid dienone is 7. The molecule has 0 aromatic rings. The fraction of sp³-hybridized carbons (Fsp3) is 0.705. The number of aliphatic hydroxyl groups is 1. The van der Waals surface area contributed by atoms with Gasteiger partial charge >= 0.3 is 0 Å². The Bertz CT molecular complexity index is 1460. The van der Waals surface area contributed by atoms with Crippen molar-refractivity contribution >= 4 is 14.2 Å². The molecule has 0 radical (unpaired) electrons. The van der Waals surface area contributed by atoms with Crippen LogP contribution in [0.2, 0.25) is 18.1 Å². The maximum Gasteiger partial charge on any atom is 0.193 e. The molecule has 3 unspecified atom stereocenters. The van der Waals surface area contributed by atoms with Crippen molar-refractivity contribution in [3.05, 3.63) is 71.9 Å². The van der Waals surface area contributed by atoms with Gasteiger partial charge in [-0.25, -0.2) is 4.99 Å². The highest BCUT2D eigenvalue weighted by Gasteiger charge is 2.56. The zero-order chi connectivity index (χ0) is 36.1. The molecule has 6 heteroatoms. The van der Waals surface area contributed by atoms with Crippen LogP contribution in [0, 0.1) is 40.4 Å². The lowest BCUT2D eigenvalue weighted by atomic mass is 9.51. The second kappa shape index (κ2) is 14.4. The van der Waals surface area contributed by atoms with Crippen molar-refractivity contribution in [2.75, 3.05) is 6.61 Å². The minimum atomic E-state index is -1.91. The molecule has 6 aliphatic rings. The molecular weight excluding hydrogens is 635 g/mol. The summed E-state index contributed by atoms with van der Waals surface area (Å²) in [6.45, 7) is 23.7. The maximum absolute atomic E-state index is 11.6. The zero-order valence-electron chi connectivity index (χ0n) is 32.5. The van der Waals surface area contributed by atoms with Gasteiger partial charge in [0.25, 0.3) is 0 Å². The van der Waals surface area contributed by atoms with Crippen LogP contribution >= 0.6 is 0 Å². The summed E-state index contributed by atoms with van der Waals surface area (Å²) >= 11 is 0. The van der Waals surface area contributed by atoms with Gasteiger partial charge in [0.2, 0.25) is 0 Å². The molecule has 276 valence electrons. The predicted molar refractivity (Wildman–Crippen MR) is 211 cm³/mol. The van der Waals surface area contributed by atoms with Crippen molar-refractivity contribution in [3.63, 3.8) is 0 Å². The van der Waals surface area contributed by atoms with Gasteiger partial charge in [-0.3, -0.25) is 0 Å². The molecule has 0 spiro atoms. The number of fused-ring (bicyclic) bond motifs is 1. The molecule has 0 aromatic carbocycles. The van der Waals surface area contributed by atoms with Crippen molar-refractivity contribution in [3.8, 4) is 0 Å². The molecule has 4 saturated carbocycles. The first-order valence-corrected chi connectivity index (χ1v) is 22.9. The van der Waals surface area contributed by atoms with Crippen molar-refractivity contribution in [2.24, 2.45) is 45.4 Å². The summed E-state index contributed by atoms with van der Waals surface area (Å²) in [6.07, 6.45) is 28.1. The molecule has 3 N–H and O–H groups in total. The lowest BCUT2D eigenvalue weighted by Crippen LogP contribution is -2.46. The fourth-order valence-electron chi connectivity index (χ4n) is 9.94. The van der Waals surface area contributed by atoms with Crippen LogP contribution in [0.15, 0.2) is 76.9 Å². The summed E-state index contributed by atoms with van der Waals surface area (Å²) in [7, 11) is -1.91. The van der Waals surface area contributed by atoms with E-state index in [0.717, 1.165) is 43.6 Å². The Morgan fingerprint density at radius 3 is 2.54 bits per heavy atom. The van der Waals surface area contributed by atoms with Gasteiger partial charge in [-0.05, 0) is 104 Å². The minimum Gasteiger partial charge on any atom is -0.478 e. The maximum atomic E-state index is 11.6. The number of ether oxygens (including phenoxy) is 1. The highest BCUT2D eigenvalue weighted by atomic mass is 28.4. The van der Waals surface area contributed by atoms with E-state index in [9.17, 15) is 5.11 Å². The number of hydrogen-bond donors (Lipinski definition) is 1. The molecule has 1 aliphatic heterocycles. The van der Waals surface area contributed by atoms with E-state index in [2.05, 4.69) is 110 Å². The number of aliphatic imine (C=N–C) groups is 1. The van der Waals surface area contributed by atoms with E-state index < -0.39 is 14.4 Å². The summed E-state index contributed by atoms with van der Waals surface area (Å²) in [5.41, 5.74) is 3.69. The topological polar surface area (TPSA) is 74.0 Å². The molecule has 5 nitrogen and oxygen atoms in total. The van der Waals surface area contributed by atoms with Crippen molar-refractivity contribution in [1.29, 1.82) is 0 Å². The molecule has 50 heavy (non-hydrogen) atoms. The monoisotopic (exact) mass is 702 g/mol. The van der Waals surface area contributed by atoms with E-state index in [1.165, 1.54) is 37.7 Å². The molecule has 0 saturated heterocycles. The van der Waals surface area contributed by atoms with Crippen LogP contribution in [0.3, 0.4) is 0 Å². The van der Waals surface area contributed by atoms with Gasteiger partial charge in [0.1, 0.15) is 6.61 Å². The number of nitrogens with zero attached hydrogens (tertiary/aromatic N) is 1. The summed E-state index contributed by atoms with van der Waals surface area (Å²) < 4.78 is 13.1. The van der Waals surface area contributed by atoms with Crippen LogP contribution in [0.5, 0.6) is 0 Å². The van der Waals surface area contributed by atoms with Gasteiger partial charge in [-0.1, -0.05) is 109 Å². The molecular formula is C44H68NO4Si+. The van der Waals surface area contributed by atoms with Crippen molar-refractivity contribution < 1.29 is 19.4 Å². The Hall–Kier alpha value is -1.99. The first-order valence-electron chi connectivity index (χ1n) is 20.0. The number of aliphatic hydroxyl groups excluding tert-OH is 1. The van der Waals surface area contributed by atoms with Gasteiger partial charge in [-0.15, -0.1) is 0 Å². The molecule has 5 aliphatic carbocycles. The van der Waals surface area contributed by atoms with Crippen molar-refractivity contribution in [1.82, 2.24) is 0 Å². The Morgan fingerprint density at radius 2 is 1.84 bits per heavy atom. The normalized spacial score (nSPS) is 38.6. The van der Waals surface area contributed by atoms with Gasteiger partial charge in [0.05, 0.1) is 23.7 Å². The van der Waals surface area contributed by atoms with Crippen LogP contribution in [0.25, 0.3) is 0 Å². The summed E-state index contributed by atoms with van der Waals surface area (Å²) in [6, 6.07) is 0.138. The third-order valence-electron chi connectivity index (χ3n) is 14.4. The van der Waals surface area contributed by atoms with Crippen LogP contribution in [0.1, 0.15) is 106 Å². The number of hydrogen-bond acceptors (Lipinski definition) is 4. The summed E-state index contributed by atoms with van der Waals surface area (Å²) in [5.74, 6) is 3.15. The summed E-state index contributed by atoms with van der Waals surface area (Å²) in [5, 5.41) is 20.6. The average Bonchev–Trinajstić information content (AvgIpc) is 3.72. The van der Waals surface area contributed by atoms with E-state index in [4.69, 9.17) is 19.3 Å². The highest BCUT2D eigenvalue weighted by Crippen LogP contribution is 2.58. The van der Waals surface area contributed by atoms with E-state index in [1.807, 2.05) is 0 Å². The van der Waals surface area contributed by atoms with E-state index in [0.29, 0.717) is 36.2 Å². The Labute approximate surface area is 304 Å². The molecule has 6 rings (SSSR count).